The van der Waals surface area contributed by atoms with E-state index < -0.39 is 0 Å². The molecule has 0 heterocycles. The lowest BCUT2D eigenvalue weighted by Crippen LogP contribution is -2.21. The molecule has 16 heavy (non-hydrogen) atoms. The zero-order chi connectivity index (χ0) is 12.0. The van der Waals surface area contributed by atoms with Gasteiger partial charge in [0.1, 0.15) is 0 Å². The van der Waals surface area contributed by atoms with Gasteiger partial charge in [-0.3, -0.25) is 4.79 Å². The van der Waals surface area contributed by atoms with Crippen molar-refractivity contribution in [1.82, 2.24) is 5.32 Å². The molecule has 0 bridgehead atoms. The highest BCUT2D eigenvalue weighted by Gasteiger charge is 1.96. The Labute approximate surface area is 101 Å². The largest absolute Gasteiger partial charge is 0.353 e. The van der Waals surface area contributed by atoms with Crippen LogP contribution in [-0.2, 0) is 4.79 Å². The van der Waals surface area contributed by atoms with E-state index in [4.69, 9.17) is 11.6 Å². The Morgan fingerprint density at radius 1 is 1.50 bits per heavy atom. The summed E-state index contributed by atoms with van der Waals surface area (Å²) in [6.45, 7) is 4.67. The number of rotatable bonds is 4. The van der Waals surface area contributed by atoms with E-state index >= 15 is 0 Å². The molecular formula is C13H16ClNO. The van der Waals surface area contributed by atoms with Gasteiger partial charge in [-0.1, -0.05) is 30.7 Å². The molecule has 86 valence electrons. The van der Waals surface area contributed by atoms with E-state index in [9.17, 15) is 4.79 Å². The SMILES string of the molecule is CCCNC(=O)/C=C\c1ccc(C)c(Cl)c1. The molecule has 3 heteroatoms. The minimum absolute atomic E-state index is 0.0708. The lowest BCUT2D eigenvalue weighted by atomic mass is 10.1. The summed E-state index contributed by atoms with van der Waals surface area (Å²) < 4.78 is 0. The van der Waals surface area contributed by atoms with Gasteiger partial charge in [-0.25, -0.2) is 0 Å². The van der Waals surface area contributed by atoms with Gasteiger partial charge in [0.2, 0.25) is 5.91 Å². The van der Waals surface area contributed by atoms with Gasteiger partial charge in [0.25, 0.3) is 0 Å². The van der Waals surface area contributed by atoms with Crippen molar-refractivity contribution in [1.29, 1.82) is 0 Å². The van der Waals surface area contributed by atoms with Crippen LogP contribution in [0.15, 0.2) is 24.3 Å². The predicted molar refractivity (Wildman–Crippen MR) is 68.5 cm³/mol. The number of nitrogens with one attached hydrogen (secondary N) is 1. The average Bonchev–Trinajstić information content (AvgIpc) is 2.28. The van der Waals surface area contributed by atoms with Gasteiger partial charge in [0.15, 0.2) is 0 Å². The van der Waals surface area contributed by atoms with Crippen LogP contribution < -0.4 is 5.32 Å². The van der Waals surface area contributed by atoms with Crippen LogP contribution in [0.3, 0.4) is 0 Å². The molecule has 0 aromatic heterocycles. The standard InChI is InChI=1S/C13H16ClNO/c1-3-8-15-13(16)7-6-11-5-4-10(2)12(14)9-11/h4-7,9H,3,8H2,1-2H3,(H,15,16)/b7-6-. The van der Waals surface area contributed by atoms with Crippen molar-refractivity contribution in [3.8, 4) is 0 Å². The number of carbonyl (C=O) groups is 1. The van der Waals surface area contributed by atoms with Crippen LogP contribution in [0.5, 0.6) is 0 Å². The van der Waals surface area contributed by atoms with E-state index in [-0.39, 0.29) is 5.91 Å². The van der Waals surface area contributed by atoms with Crippen molar-refractivity contribution in [2.75, 3.05) is 6.54 Å². The van der Waals surface area contributed by atoms with Crippen LogP contribution in [0.4, 0.5) is 0 Å². The maximum absolute atomic E-state index is 11.3. The van der Waals surface area contributed by atoms with Gasteiger partial charge in [0, 0.05) is 17.6 Å². The van der Waals surface area contributed by atoms with E-state index in [0.29, 0.717) is 6.54 Å². The molecule has 2 nitrogen and oxygen atoms in total. The molecule has 0 spiro atoms. The fraction of sp³-hybridized carbons (Fsp3) is 0.308. The number of halogens is 1. The molecule has 1 N–H and O–H groups in total. The molecule has 1 aromatic carbocycles. The normalized spacial score (nSPS) is 10.7. The van der Waals surface area contributed by atoms with Crippen molar-refractivity contribution < 1.29 is 4.79 Å². The Morgan fingerprint density at radius 3 is 2.88 bits per heavy atom. The molecule has 0 aliphatic rings. The van der Waals surface area contributed by atoms with Crippen LogP contribution >= 0.6 is 11.6 Å². The maximum atomic E-state index is 11.3. The highest BCUT2D eigenvalue weighted by Crippen LogP contribution is 2.17. The van der Waals surface area contributed by atoms with Gasteiger partial charge < -0.3 is 5.32 Å². The van der Waals surface area contributed by atoms with Crippen molar-refractivity contribution >= 4 is 23.6 Å². The number of amides is 1. The second-order valence-electron chi connectivity index (χ2n) is 3.63. The second kappa shape index (κ2) is 6.33. The first-order valence-electron chi connectivity index (χ1n) is 5.35. The summed E-state index contributed by atoms with van der Waals surface area (Å²) in [5, 5.41) is 3.49. The quantitative estimate of drug-likeness (QED) is 0.801. The monoisotopic (exact) mass is 237 g/mol. The number of carbonyl (C=O) groups excluding carboxylic acids is 1. The van der Waals surface area contributed by atoms with Gasteiger partial charge in [-0.05, 0) is 36.6 Å². The first-order valence-corrected chi connectivity index (χ1v) is 5.73. The number of aryl methyl sites for hydroxylation is 1. The fourth-order valence-electron chi connectivity index (χ4n) is 1.19. The first kappa shape index (κ1) is 12.8. The topological polar surface area (TPSA) is 29.1 Å². The molecule has 1 rings (SSSR count). The Hall–Kier alpha value is -1.28. The summed E-state index contributed by atoms with van der Waals surface area (Å²) in [5.74, 6) is -0.0708. The van der Waals surface area contributed by atoms with Crippen LogP contribution in [0.1, 0.15) is 24.5 Å². The Balaban J connectivity index is 2.62. The van der Waals surface area contributed by atoms with E-state index in [2.05, 4.69) is 5.32 Å². The van der Waals surface area contributed by atoms with E-state index in [1.807, 2.05) is 32.0 Å². The molecule has 0 unspecified atom stereocenters. The lowest BCUT2D eigenvalue weighted by molar-refractivity contribution is -0.116. The van der Waals surface area contributed by atoms with E-state index in [1.165, 1.54) is 6.08 Å². The fourth-order valence-corrected chi connectivity index (χ4v) is 1.38. The van der Waals surface area contributed by atoms with E-state index in [0.717, 1.165) is 22.6 Å². The molecule has 0 radical (unpaired) electrons. The number of hydrogen-bond acceptors (Lipinski definition) is 1. The van der Waals surface area contributed by atoms with Crippen molar-refractivity contribution in [3.05, 3.63) is 40.4 Å². The molecule has 1 amide bonds. The van der Waals surface area contributed by atoms with Crippen molar-refractivity contribution in [2.24, 2.45) is 0 Å². The van der Waals surface area contributed by atoms with Crippen molar-refractivity contribution in [2.45, 2.75) is 20.3 Å². The molecule has 0 saturated heterocycles. The summed E-state index contributed by atoms with van der Waals surface area (Å²) in [7, 11) is 0. The van der Waals surface area contributed by atoms with Crippen LogP contribution in [0.2, 0.25) is 5.02 Å². The zero-order valence-electron chi connectivity index (χ0n) is 9.59. The molecule has 0 saturated carbocycles. The average molecular weight is 238 g/mol. The molecular weight excluding hydrogens is 222 g/mol. The lowest BCUT2D eigenvalue weighted by Gasteiger charge is -2.00. The van der Waals surface area contributed by atoms with E-state index in [1.54, 1.807) is 6.08 Å². The third kappa shape index (κ3) is 4.07. The highest BCUT2D eigenvalue weighted by atomic mass is 35.5. The number of benzene rings is 1. The van der Waals surface area contributed by atoms with Gasteiger partial charge in [-0.15, -0.1) is 0 Å². The molecule has 0 fully saturated rings. The Bertz CT molecular complexity index is 399. The molecule has 0 atom stereocenters. The van der Waals surface area contributed by atoms with Crippen molar-refractivity contribution in [3.63, 3.8) is 0 Å². The summed E-state index contributed by atoms with van der Waals surface area (Å²) in [6.07, 6.45) is 4.23. The van der Waals surface area contributed by atoms with Gasteiger partial charge >= 0.3 is 0 Å². The third-order valence-electron chi connectivity index (χ3n) is 2.17. The van der Waals surface area contributed by atoms with Crippen LogP contribution in [0, 0.1) is 6.92 Å². The minimum atomic E-state index is -0.0708. The maximum Gasteiger partial charge on any atom is 0.243 e. The number of hydrogen-bond donors (Lipinski definition) is 1. The van der Waals surface area contributed by atoms with Gasteiger partial charge in [-0.2, -0.15) is 0 Å². The summed E-state index contributed by atoms with van der Waals surface area (Å²) in [4.78, 5) is 11.3. The summed E-state index contributed by atoms with van der Waals surface area (Å²) >= 11 is 5.98. The molecule has 1 aromatic rings. The minimum Gasteiger partial charge on any atom is -0.353 e. The summed E-state index contributed by atoms with van der Waals surface area (Å²) in [5.41, 5.74) is 1.97. The third-order valence-corrected chi connectivity index (χ3v) is 2.58. The summed E-state index contributed by atoms with van der Waals surface area (Å²) in [6, 6.07) is 5.72. The highest BCUT2D eigenvalue weighted by molar-refractivity contribution is 6.31. The Morgan fingerprint density at radius 2 is 2.25 bits per heavy atom. The predicted octanol–water partition coefficient (Wildman–Crippen LogP) is 3.19. The first-order chi connectivity index (χ1) is 7.63. The van der Waals surface area contributed by atoms with Gasteiger partial charge in [0.05, 0.1) is 0 Å². The molecule has 0 aliphatic carbocycles. The smallest absolute Gasteiger partial charge is 0.243 e. The van der Waals surface area contributed by atoms with Crippen LogP contribution in [0.25, 0.3) is 6.08 Å². The second-order valence-corrected chi connectivity index (χ2v) is 4.04. The van der Waals surface area contributed by atoms with Crippen LogP contribution in [-0.4, -0.2) is 12.5 Å². The zero-order valence-corrected chi connectivity index (χ0v) is 10.3. The molecule has 0 aliphatic heterocycles. The Kier molecular flexibility index (Phi) is 5.06.